The van der Waals surface area contributed by atoms with Crippen LogP contribution < -0.4 is 15.1 Å². The van der Waals surface area contributed by atoms with Crippen LogP contribution in [0.1, 0.15) is 18.4 Å². The highest BCUT2D eigenvalue weighted by molar-refractivity contribution is 5.72. The Bertz CT molecular complexity index is 1730. The molecule has 1 N–H and O–H groups in total. The molecular weight excluding hydrogens is 534 g/mol. The summed E-state index contributed by atoms with van der Waals surface area (Å²) in [5.41, 5.74) is 8.16. The predicted octanol–water partition coefficient (Wildman–Crippen LogP) is 8.14. The van der Waals surface area contributed by atoms with Crippen LogP contribution in [0.5, 0.6) is 0 Å². The maximum Gasteiger partial charge on any atom is 0.0591 e. The number of benzene rings is 2. The van der Waals surface area contributed by atoms with Crippen LogP contribution in [0, 0.1) is 29.6 Å². The quantitative estimate of drug-likeness (QED) is 0.398. The van der Waals surface area contributed by atoms with Gasteiger partial charge in [-0.15, -0.1) is 0 Å². The van der Waals surface area contributed by atoms with Crippen LogP contribution in [0.2, 0.25) is 0 Å². The van der Waals surface area contributed by atoms with Gasteiger partial charge in [0.15, 0.2) is 0 Å². The minimum absolute atomic E-state index is 0.368. The number of allylic oxidation sites excluding steroid dienone is 10. The number of dihydropyridines is 1. The van der Waals surface area contributed by atoms with E-state index in [1.54, 1.807) is 5.57 Å². The number of rotatable bonds is 4. The highest BCUT2D eigenvalue weighted by Gasteiger charge is 2.49. The van der Waals surface area contributed by atoms with Crippen molar-refractivity contribution in [3.63, 3.8) is 0 Å². The van der Waals surface area contributed by atoms with Crippen molar-refractivity contribution in [1.29, 1.82) is 0 Å². The van der Waals surface area contributed by atoms with E-state index in [1.807, 2.05) is 0 Å². The van der Waals surface area contributed by atoms with Crippen LogP contribution in [0.4, 0.5) is 11.4 Å². The monoisotopic (exact) mass is 573 g/mol. The predicted molar refractivity (Wildman–Crippen MR) is 183 cm³/mol. The van der Waals surface area contributed by atoms with Crippen molar-refractivity contribution in [1.82, 2.24) is 5.32 Å². The third-order valence-electron chi connectivity index (χ3n) is 11.0. The van der Waals surface area contributed by atoms with Crippen LogP contribution in [0.15, 0.2) is 157 Å². The lowest BCUT2D eigenvalue weighted by atomic mass is 9.72. The first kappa shape index (κ1) is 25.9. The van der Waals surface area contributed by atoms with E-state index in [0.717, 1.165) is 13.0 Å². The molecule has 0 amide bonds. The van der Waals surface area contributed by atoms with Gasteiger partial charge in [0.1, 0.15) is 0 Å². The maximum absolute atomic E-state index is 3.55. The molecular formula is C41H39N3. The largest absolute Gasteiger partial charge is 0.381 e. The number of fused-ring (bicyclic) bond motifs is 6. The van der Waals surface area contributed by atoms with Crippen molar-refractivity contribution >= 4 is 17.1 Å². The Kier molecular flexibility index (Phi) is 6.25. The highest BCUT2D eigenvalue weighted by Crippen LogP contribution is 2.52. The Hall–Kier alpha value is -4.50. The summed E-state index contributed by atoms with van der Waals surface area (Å²) in [5, 5.41) is 3.55. The first-order valence-corrected chi connectivity index (χ1v) is 16.5. The van der Waals surface area contributed by atoms with Gasteiger partial charge in [0.2, 0.25) is 0 Å². The molecule has 9 rings (SSSR count). The Morgan fingerprint density at radius 3 is 2.36 bits per heavy atom. The summed E-state index contributed by atoms with van der Waals surface area (Å²) in [4.78, 5) is 5.30. The fraction of sp³-hybridized carbons (Fsp3) is 0.268. The molecule has 8 atom stereocenters. The lowest BCUT2D eigenvalue weighted by molar-refractivity contribution is 0.378. The Morgan fingerprint density at radius 2 is 1.50 bits per heavy atom. The molecule has 44 heavy (non-hydrogen) atoms. The first-order valence-electron chi connectivity index (χ1n) is 16.5. The van der Waals surface area contributed by atoms with Gasteiger partial charge in [-0.2, -0.15) is 0 Å². The van der Waals surface area contributed by atoms with Gasteiger partial charge in [-0.1, -0.05) is 115 Å². The van der Waals surface area contributed by atoms with E-state index in [4.69, 9.17) is 0 Å². The third kappa shape index (κ3) is 4.17. The first-order chi connectivity index (χ1) is 21.8. The molecule has 2 aromatic rings. The zero-order valence-corrected chi connectivity index (χ0v) is 25.0. The average Bonchev–Trinajstić information content (AvgIpc) is 3.61. The molecule has 3 heteroatoms. The molecule has 3 nitrogen and oxygen atoms in total. The zero-order valence-electron chi connectivity index (χ0n) is 25.0. The van der Waals surface area contributed by atoms with E-state index in [9.17, 15) is 0 Å². The summed E-state index contributed by atoms with van der Waals surface area (Å²) in [6.45, 7) is 0.886. The van der Waals surface area contributed by atoms with Crippen LogP contribution in [-0.4, -0.2) is 24.7 Å². The summed E-state index contributed by atoms with van der Waals surface area (Å²) >= 11 is 0. The van der Waals surface area contributed by atoms with E-state index in [1.165, 1.54) is 34.8 Å². The number of hydrogen-bond acceptors (Lipinski definition) is 3. The number of nitrogens with zero attached hydrogens (tertiary/aromatic N) is 2. The van der Waals surface area contributed by atoms with Crippen molar-refractivity contribution in [3.8, 4) is 0 Å². The van der Waals surface area contributed by atoms with E-state index >= 15 is 0 Å². The molecule has 7 aliphatic rings. The summed E-state index contributed by atoms with van der Waals surface area (Å²) in [6.07, 6.45) is 37.9. The fourth-order valence-electron chi connectivity index (χ4n) is 9.05. The number of anilines is 2. The maximum atomic E-state index is 3.55. The summed E-state index contributed by atoms with van der Waals surface area (Å²) in [7, 11) is 0. The molecule has 3 aliphatic heterocycles. The van der Waals surface area contributed by atoms with Crippen LogP contribution in [0.3, 0.4) is 0 Å². The minimum Gasteiger partial charge on any atom is -0.381 e. The Morgan fingerprint density at radius 1 is 0.705 bits per heavy atom. The van der Waals surface area contributed by atoms with Crippen molar-refractivity contribution < 1.29 is 0 Å². The molecule has 8 unspecified atom stereocenters. The average molecular weight is 574 g/mol. The topological polar surface area (TPSA) is 18.5 Å². The zero-order chi connectivity index (χ0) is 29.0. The lowest BCUT2D eigenvalue weighted by Crippen LogP contribution is -2.37. The molecule has 2 saturated heterocycles. The molecule has 2 fully saturated rings. The van der Waals surface area contributed by atoms with Gasteiger partial charge < -0.3 is 15.1 Å². The molecule has 218 valence electrons. The van der Waals surface area contributed by atoms with Crippen molar-refractivity contribution in [2.24, 2.45) is 29.6 Å². The van der Waals surface area contributed by atoms with E-state index in [0.29, 0.717) is 47.7 Å². The van der Waals surface area contributed by atoms with Crippen molar-refractivity contribution in [2.45, 2.75) is 31.0 Å². The normalized spacial score (nSPS) is 34.0. The van der Waals surface area contributed by atoms with Crippen molar-refractivity contribution in [2.75, 3.05) is 16.3 Å². The molecule has 2 aromatic carbocycles. The summed E-state index contributed by atoms with van der Waals surface area (Å²) in [5.74, 6) is 2.60. The Balaban J connectivity index is 1.02. The molecule has 0 saturated carbocycles. The lowest BCUT2D eigenvalue weighted by Gasteiger charge is -2.34. The summed E-state index contributed by atoms with van der Waals surface area (Å²) in [6, 6.07) is 21.3. The molecule has 0 aromatic heterocycles. The van der Waals surface area contributed by atoms with Crippen LogP contribution >= 0.6 is 0 Å². The second-order valence-electron chi connectivity index (χ2n) is 13.2. The van der Waals surface area contributed by atoms with E-state index in [2.05, 4.69) is 161 Å². The smallest absolute Gasteiger partial charge is 0.0591 e. The molecule has 4 aliphatic carbocycles. The van der Waals surface area contributed by atoms with Gasteiger partial charge in [-0.05, 0) is 60.2 Å². The van der Waals surface area contributed by atoms with E-state index in [-0.39, 0.29) is 0 Å². The van der Waals surface area contributed by atoms with Gasteiger partial charge in [0.25, 0.3) is 0 Å². The Labute approximate surface area is 261 Å². The van der Waals surface area contributed by atoms with Crippen LogP contribution in [0.25, 0.3) is 5.70 Å². The van der Waals surface area contributed by atoms with Gasteiger partial charge in [0.05, 0.1) is 18.1 Å². The SMILES string of the molecule is C1=CCNC(c2cccc(N3C4=CCC(C5=CC6C7C=CC=CC7N(c7ccccc7)C6C=C5)CC4C4C=CC=CC43)c2)=C1. The minimum atomic E-state index is 0.368. The standard InChI is InChI=1S/C41H39N3/c1-2-12-31(13-3-1)43-38-18-6-4-15-33(38)35-26-28(20-22-40(35)43)29-21-23-41-36(27-29)34-16-5-7-19-39(34)44(41)32-14-10-11-30(25-32)37-17-8-9-24-42-37/h1-20,22-23,25-26,29,33-36,38-40,42H,21,24,27H2. The molecule has 0 bridgehead atoms. The highest BCUT2D eigenvalue weighted by atomic mass is 15.2. The summed E-state index contributed by atoms with van der Waals surface area (Å²) < 4.78 is 0. The van der Waals surface area contributed by atoms with Gasteiger partial charge in [0, 0.05) is 53.0 Å². The van der Waals surface area contributed by atoms with Gasteiger partial charge >= 0.3 is 0 Å². The fourth-order valence-corrected chi connectivity index (χ4v) is 9.05. The van der Waals surface area contributed by atoms with Gasteiger partial charge in [-0.3, -0.25) is 0 Å². The van der Waals surface area contributed by atoms with Gasteiger partial charge in [-0.25, -0.2) is 0 Å². The molecule has 0 spiro atoms. The van der Waals surface area contributed by atoms with Crippen molar-refractivity contribution in [3.05, 3.63) is 163 Å². The number of nitrogens with one attached hydrogen (secondary N) is 1. The van der Waals surface area contributed by atoms with Crippen LogP contribution in [-0.2, 0) is 0 Å². The number of hydrogen-bond donors (Lipinski definition) is 1. The van der Waals surface area contributed by atoms with E-state index < -0.39 is 0 Å². The molecule has 3 heterocycles. The number of para-hydroxylation sites is 1. The second kappa shape index (κ2) is 10.6. The third-order valence-corrected chi connectivity index (χ3v) is 11.0. The second-order valence-corrected chi connectivity index (χ2v) is 13.2. The molecule has 0 radical (unpaired) electrons.